The number of hydrogen-bond acceptors (Lipinski definition) is 3. The zero-order chi connectivity index (χ0) is 12.1. The van der Waals surface area contributed by atoms with Gasteiger partial charge in [0, 0.05) is 31.1 Å². The van der Waals surface area contributed by atoms with E-state index in [2.05, 4.69) is 4.98 Å². The van der Waals surface area contributed by atoms with E-state index in [9.17, 15) is 9.59 Å². The number of carbonyl (C=O) groups excluding carboxylic acids is 1. The van der Waals surface area contributed by atoms with E-state index < -0.39 is 0 Å². The van der Waals surface area contributed by atoms with Gasteiger partial charge in [-0.15, -0.1) is 0 Å². The van der Waals surface area contributed by atoms with E-state index in [1.54, 1.807) is 29.8 Å². The summed E-state index contributed by atoms with van der Waals surface area (Å²) in [5.41, 5.74) is 0.311. The SMILES string of the molecule is CSCC(C)N(C)C(=O)c1ccc(=O)[nH]c1. The molecule has 1 aromatic rings. The number of nitrogens with one attached hydrogen (secondary N) is 1. The number of amides is 1. The summed E-state index contributed by atoms with van der Waals surface area (Å²) < 4.78 is 0. The maximum atomic E-state index is 12.0. The third-order valence-corrected chi connectivity index (χ3v) is 3.24. The van der Waals surface area contributed by atoms with Crippen molar-refractivity contribution in [1.29, 1.82) is 0 Å². The molecule has 0 aliphatic heterocycles. The summed E-state index contributed by atoms with van der Waals surface area (Å²) in [6, 6.07) is 3.08. The Bertz CT molecular complexity index is 396. The molecule has 0 aromatic carbocycles. The first-order chi connectivity index (χ1) is 7.56. The number of rotatable bonds is 4. The van der Waals surface area contributed by atoms with Gasteiger partial charge in [0.2, 0.25) is 5.56 Å². The fourth-order valence-electron chi connectivity index (χ4n) is 1.30. The highest BCUT2D eigenvalue weighted by Crippen LogP contribution is 2.07. The van der Waals surface area contributed by atoms with E-state index in [1.165, 1.54) is 12.3 Å². The molecule has 1 atom stereocenters. The standard InChI is InChI=1S/C11H16N2O2S/c1-8(7-16-3)13(2)11(15)9-4-5-10(14)12-6-9/h4-6,8H,7H2,1-3H3,(H,12,14). The second kappa shape index (κ2) is 5.75. The van der Waals surface area contributed by atoms with Gasteiger partial charge in [-0.3, -0.25) is 9.59 Å². The van der Waals surface area contributed by atoms with E-state index in [-0.39, 0.29) is 17.5 Å². The Kier molecular flexibility index (Phi) is 4.61. The fourth-order valence-corrected chi connectivity index (χ4v) is 2.01. The van der Waals surface area contributed by atoms with Crippen molar-refractivity contribution in [3.63, 3.8) is 0 Å². The molecule has 88 valence electrons. The fraction of sp³-hybridized carbons (Fsp3) is 0.455. The van der Waals surface area contributed by atoms with E-state index in [1.807, 2.05) is 13.2 Å². The predicted octanol–water partition coefficient (Wildman–Crippen LogP) is 1.20. The molecular weight excluding hydrogens is 224 g/mol. The monoisotopic (exact) mass is 240 g/mol. The third kappa shape index (κ3) is 3.13. The number of aromatic amines is 1. The van der Waals surface area contributed by atoms with E-state index >= 15 is 0 Å². The van der Waals surface area contributed by atoms with Gasteiger partial charge in [0.15, 0.2) is 0 Å². The normalized spacial score (nSPS) is 12.2. The molecule has 0 aliphatic rings. The molecule has 1 unspecified atom stereocenters. The molecule has 1 aromatic heterocycles. The van der Waals surface area contributed by atoms with Gasteiger partial charge >= 0.3 is 0 Å². The molecule has 1 heterocycles. The highest BCUT2D eigenvalue weighted by molar-refractivity contribution is 7.98. The quantitative estimate of drug-likeness (QED) is 0.860. The van der Waals surface area contributed by atoms with Crippen molar-refractivity contribution in [3.8, 4) is 0 Å². The Balaban J connectivity index is 2.77. The third-order valence-electron chi connectivity index (χ3n) is 2.42. The van der Waals surface area contributed by atoms with Crippen LogP contribution in [0.5, 0.6) is 0 Å². The van der Waals surface area contributed by atoms with Gasteiger partial charge in [-0.05, 0) is 19.2 Å². The largest absolute Gasteiger partial charge is 0.338 e. The predicted molar refractivity (Wildman–Crippen MR) is 67.0 cm³/mol. The van der Waals surface area contributed by atoms with Crippen molar-refractivity contribution in [2.45, 2.75) is 13.0 Å². The minimum atomic E-state index is -0.198. The summed E-state index contributed by atoms with van der Waals surface area (Å²) in [6.45, 7) is 2.00. The van der Waals surface area contributed by atoms with E-state index in [4.69, 9.17) is 0 Å². The molecular formula is C11H16N2O2S. The molecule has 0 saturated heterocycles. The van der Waals surface area contributed by atoms with Crippen LogP contribution in [0.1, 0.15) is 17.3 Å². The van der Waals surface area contributed by atoms with Crippen LogP contribution in [0.15, 0.2) is 23.1 Å². The smallest absolute Gasteiger partial charge is 0.255 e. The zero-order valence-corrected chi connectivity index (χ0v) is 10.5. The van der Waals surface area contributed by atoms with Crippen molar-refractivity contribution in [1.82, 2.24) is 9.88 Å². The van der Waals surface area contributed by atoms with Crippen LogP contribution in [0.3, 0.4) is 0 Å². The average Bonchev–Trinajstić information content (AvgIpc) is 2.28. The van der Waals surface area contributed by atoms with Gasteiger partial charge in [-0.25, -0.2) is 0 Å². The first kappa shape index (κ1) is 12.8. The van der Waals surface area contributed by atoms with Crippen LogP contribution in [0.4, 0.5) is 0 Å². The topological polar surface area (TPSA) is 53.2 Å². The van der Waals surface area contributed by atoms with Crippen LogP contribution in [0.25, 0.3) is 0 Å². The molecule has 0 fully saturated rings. The van der Waals surface area contributed by atoms with Gasteiger partial charge in [-0.1, -0.05) is 0 Å². The van der Waals surface area contributed by atoms with Crippen LogP contribution < -0.4 is 5.56 Å². The average molecular weight is 240 g/mol. The van der Waals surface area contributed by atoms with Crippen molar-refractivity contribution >= 4 is 17.7 Å². The summed E-state index contributed by atoms with van der Waals surface area (Å²) in [6.07, 6.45) is 3.46. The maximum Gasteiger partial charge on any atom is 0.255 e. The second-order valence-corrected chi connectivity index (χ2v) is 4.57. The van der Waals surface area contributed by atoms with Crippen molar-refractivity contribution in [2.24, 2.45) is 0 Å². The first-order valence-corrected chi connectivity index (χ1v) is 6.40. The van der Waals surface area contributed by atoms with Gasteiger partial charge < -0.3 is 9.88 Å². The molecule has 1 rings (SSSR count). The molecule has 0 bridgehead atoms. The van der Waals surface area contributed by atoms with Crippen LogP contribution in [0, 0.1) is 0 Å². The highest BCUT2D eigenvalue weighted by atomic mass is 32.2. The lowest BCUT2D eigenvalue weighted by Crippen LogP contribution is -2.36. The Morgan fingerprint density at radius 3 is 2.75 bits per heavy atom. The number of pyridine rings is 1. The summed E-state index contributed by atoms with van der Waals surface area (Å²) >= 11 is 1.70. The van der Waals surface area contributed by atoms with Gasteiger partial charge in [0.05, 0.1) is 5.56 Å². The molecule has 16 heavy (non-hydrogen) atoms. The van der Waals surface area contributed by atoms with E-state index in [0.29, 0.717) is 5.56 Å². The van der Waals surface area contributed by atoms with Crippen LogP contribution in [-0.4, -0.2) is 40.9 Å². The Morgan fingerprint density at radius 2 is 2.25 bits per heavy atom. The number of thioether (sulfide) groups is 1. The molecule has 0 radical (unpaired) electrons. The lowest BCUT2D eigenvalue weighted by molar-refractivity contribution is 0.0757. The van der Waals surface area contributed by atoms with Gasteiger partial charge in [0.25, 0.3) is 5.91 Å². The molecule has 0 aliphatic carbocycles. The summed E-state index contributed by atoms with van der Waals surface area (Å²) in [5, 5.41) is 0. The van der Waals surface area contributed by atoms with Gasteiger partial charge in [-0.2, -0.15) is 11.8 Å². The lowest BCUT2D eigenvalue weighted by atomic mass is 10.2. The molecule has 0 saturated carbocycles. The number of hydrogen-bond donors (Lipinski definition) is 1. The summed E-state index contributed by atoms with van der Waals surface area (Å²) in [7, 11) is 1.77. The minimum absolute atomic E-state index is 0.0715. The summed E-state index contributed by atoms with van der Waals surface area (Å²) in [4.78, 5) is 27.0. The maximum absolute atomic E-state index is 12.0. The van der Waals surface area contributed by atoms with Crippen LogP contribution in [0.2, 0.25) is 0 Å². The lowest BCUT2D eigenvalue weighted by Gasteiger charge is -2.24. The molecule has 5 heteroatoms. The molecule has 1 N–H and O–H groups in total. The number of H-pyrrole nitrogens is 1. The number of nitrogens with zero attached hydrogens (tertiary/aromatic N) is 1. The summed E-state index contributed by atoms with van der Waals surface area (Å²) in [5.74, 6) is 0.823. The van der Waals surface area contributed by atoms with Crippen molar-refractivity contribution < 1.29 is 4.79 Å². The van der Waals surface area contributed by atoms with E-state index in [0.717, 1.165) is 5.75 Å². The Hall–Kier alpha value is -1.23. The minimum Gasteiger partial charge on any atom is -0.338 e. The number of aromatic nitrogens is 1. The highest BCUT2D eigenvalue weighted by Gasteiger charge is 2.16. The zero-order valence-electron chi connectivity index (χ0n) is 9.69. The molecule has 4 nitrogen and oxygen atoms in total. The Labute approximate surface area is 99.0 Å². The molecule has 1 amide bonds. The van der Waals surface area contributed by atoms with Crippen LogP contribution in [-0.2, 0) is 0 Å². The van der Waals surface area contributed by atoms with Crippen molar-refractivity contribution in [2.75, 3.05) is 19.1 Å². The molecule has 0 spiro atoms. The second-order valence-electron chi connectivity index (χ2n) is 3.66. The van der Waals surface area contributed by atoms with Crippen LogP contribution >= 0.6 is 11.8 Å². The Morgan fingerprint density at radius 1 is 1.56 bits per heavy atom. The van der Waals surface area contributed by atoms with Gasteiger partial charge in [0.1, 0.15) is 0 Å². The number of carbonyl (C=O) groups is 1. The first-order valence-electron chi connectivity index (χ1n) is 5.01. The van der Waals surface area contributed by atoms with Crippen molar-refractivity contribution in [3.05, 3.63) is 34.2 Å².